The second-order valence-electron chi connectivity index (χ2n) is 14.0. The lowest BCUT2D eigenvalue weighted by Gasteiger charge is -2.32. The molecule has 56 heavy (non-hydrogen) atoms. The van der Waals surface area contributed by atoms with E-state index >= 15 is 0 Å². The second-order valence-corrected chi connectivity index (χ2v) is 14.8. The van der Waals surface area contributed by atoms with E-state index in [0.29, 0.717) is 72.6 Å². The van der Waals surface area contributed by atoms with Crippen LogP contribution in [0.5, 0.6) is 11.6 Å². The van der Waals surface area contributed by atoms with Gasteiger partial charge in [-0.3, -0.25) is 14.6 Å². The van der Waals surface area contributed by atoms with Crippen molar-refractivity contribution >= 4 is 35.0 Å². The number of hydrogen-bond acceptors (Lipinski definition) is 10. The molecule has 2 aliphatic rings. The van der Waals surface area contributed by atoms with Crippen molar-refractivity contribution in [2.24, 2.45) is 0 Å². The van der Waals surface area contributed by atoms with E-state index in [4.69, 9.17) is 47.1 Å². The predicted octanol–water partition coefficient (Wildman–Crippen LogP) is 6.26. The summed E-state index contributed by atoms with van der Waals surface area (Å²) >= 11 is 14.3. The molecule has 4 heterocycles. The minimum absolute atomic E-state index is 0.0279. The van der Waals surface area contributed by atoms with Crippen LogP contribution in [-0.4, -0.2) is 111 Å². The fourth-order valence-electron chi connectivity index (χ4n) is 7.36. The van der Waals surface area contributed by atoms with Gasteiger partial charge in [-0.1, -0.05) is 59.6 Å². The van der Waals surface area contributed by atoms with E-state index in [2.05, 4.69) is 15.6 Å². The van der Waals surface area contributed by atoms with Gasteiger partial charge in [0.1, 0.15) is 19.0 Å². The number of nitrogens with one attached hydrogen (secondary N) is 2. The van der Waals surface area contributed by atoms with Gasteiger partial charge in [0.05, 0.1) is 35.7 Å². The van der Waals surface area contributed by atoms with Crippen molar-refractivity contribution in [2.75, 3.05) is 67.8 Å². The lowest BCUT2D eigenvalue weighted by Crippen LogP contribution is -2.45. The van der Waals surface area contributed by atoms with Gasteiger partial charge in [-0.25, -0.2) is 4.98 Å². The Balaban J connectivity index is 1.14. The summed E-state index contributed by atoms with van der Waals surface area (Å²) < 4.78 is 21.6. The molecule has 6 rings (SSSR count). The summed E-state index contributed by atoms with van der Waals surface area (Å²) in [6.45, 7) is 4.26. The highest BCUT2D eigenvalue weighted by Crippen LogP contribution is 2.42. The zero-order valence-corrected chi connectivity index (χ0v) is 33.9. The Kier molecular flexibility index (Phi) is 14.6. The third-order valence-electron chi connectivity index (χ3n) is 10.5. The maximum Gasteiger partial charge on any atom is 0.248 e. The summed E-state index contributed by atoms with van der Waals surface area (Å²) in [5, 5.41) is 8.22. The standard InChI is InChI=1S/C42H50Cl2N6O6/c1-53-25-37(51)49-18-13-30(14-19-49)46-23-28-9-8-27(22-36(28)55-3)41-40(44)33(12-17-45-41)32-6-5-7-34(39(32)43)35-11-10-29(42(48-35)56-4)24-47-31-15-20-50(21-16-31)38(52)26-54-2/h5-12,17,22,30-31,46-47H,13-16,18-21,23-26H2,1-4H3. The molecule has 2 saturated heterocycles. The molecule has 0 aliphatic carbocycles. The highest BCUT2D eigenvalue weighted by atomic mass is 35.5. The fraction of sp³-hybridized carbons (Fsp3) is 0.429. The molecule has 2 N–H and O–H groups in total. The van der Waals surface area contributed by atoms with Crippen molar-refractivity contribution in [3.05, 3.63) is 82.0 Å². The number of rotatable bonds is 15. The second kappa shape index (κ2) is 19.7. The highest BCUT2D eigenvalue weighted by molar-refractivity contribution is 6.39. The van der Waals surface area contributed by atoms with Gasteiger partial charge in [0.25, 0.3) is 0 Å². The lowest BCUT2D eigenvalue weighted by molar-refractivity contribution is -0.137. The van der Waals surface area contributed by atoms with Crippen molar-refractivity contribution in [1.29, 1.82) is 0 Å². The minimum atomic E-state index is 0.0279. The number of aromatic nitrogens is 2. The van der Waals surface area contributed by atoms with Crippen molar-refractivity contribution < 1.29 is 28.5 Å². The molecule has 14 heteroatoms. The molecular weight excluding hydrogens is 755 g/mol. The first-order valence-corrected chi connectivity index (χ1v) is 19.6. The van der Waals surface area contributed by atoms with Gasteiger partial charge in [0.2, 0.25) is 17.7 Å². The van der Waals surface area contributed by atoms with E-state index in [9.17, 15) is 9.59 Å². The predicted molar refractivity (Wildman–Crippen MR) is 218 cm³/mol. The fourth-order valence-corrected chi connectivity index (χ4v) is 8.01. The quantitative estimate of drug-likeness (QED) is 0.142. The molecule has 0 spiro atoms. The zero-order chi connectivity index (χ0) is 39.6. The van der Waals surface area contributed by atoms with Gasteiger partial charge in [-0.15, -0.1) is 0 Å². The van der Waals surface area contributed by atoms with E-state index in [-0.39, 0.29) is 31.1 Å². The maximum absolute atomic E-state index is 12.2. The van der Waals surface area contributed by atoms with Crippen LogP contribution in [0.3, 0.4) is 0 Å². The number of carbonyl (C=O) groups excluding carboxylic acids is 2. The van der Waals surface area contributed by atoms with E-state index in [1.54, 1.807) is 34.6 Å². The highest BCUT2D eigenvalue weighted by Gasteiger charge is 2.25. The molecule has 2 aromatic carbocycles. The Morgan fingerprint density at radius 1 is 0.714 bits per heavy atom. The molecule has 0 radical (unpaired) electrons. The smallest absolute Gasteiger partial charge is 0.248 e. The molecule has 0 atom stereocenters. The number of amides is 2. The number of piperidine rings is 2. The Labute approximate surface area is 338 Å². The van der Waals surface area contributed by atoms with Crippen LogP contribution >= 0.6 is 23.2 Å². The van der Waals surface area contributed by atoms with Gasteiger partial charge in [-0.2, -0.15) is 0 Å². The number of likely N-dealkylation sites (tertiary alicyclic amines) is 2. The van der Waals surface area contributed by atoms with E-state index in [1.165, 1.54) is 0 Å². The van der Waals surface area contributed by atoms with Gasteiger partial charge in [0, 0.05) is 105 Å². The van der Waals surface area contributed by atoms with Crippen LogP contribution in [-0.2, 0) is 32.2 Å². The van der Waals surface area contributed by atoms with Crippen molar-refractivity contribution in [1.82, 2.24) is 30.4 Å². The number of ether oxygens (including phenoxy) is 4. The SMILES string of the molecule is COCC(=O)N1CCC(NCc2ccc(-c3nccc(-c4cccc(-c5ccc(CNC6CCN(C(=O)COC)CC6)c(OC)n5)c4Cl)c3Cl)cc2OC)CC1. The maximum atomic E-state index is 12.2. The van der Waals surface area contributed by atoms with Crippen molar-refractivity contribution in [3.63, 3.8) is 0 Å². The first-order valence-electron chi connectivity index (χ1n) is 18.9. The lowest BCUT2D eigenvalue weighted by atomic mass is 9.99. The van der Waals surface area contributed by atoms with Crippen LogP contribution in [0.15, 0.2) is 60.8 Å². The Bertz CT molecular complexity index is 1840. The van der Waals surface area contributed by atoms with Gasteiger partial charge < -0.3 is 39.4 Å². The molecule has 12 nitrogen and oxygen atoms in total. The van der Waals surface area contributed by atoms with Gasteiger partial charge >= 0.3 is 0 Å². The topological polar surface area (TPSA) is 127 Å². The molecule has 2 amide bonds. The van der Waals surface area contributed by atoms with Crippen LogP contribution in [0.2, 0.25) is 10.0 Å². The number of nitrogens with zero attached hydrogens (tertiary/aromatic N) is 4. The summed E-state index contributed by atoms with van der Waals surface area (Å²) in [7, 11) is 6.35. The monoisotopic (exact) mass is 804 g/mol. The first-order chi connectivity index (χ1) is 27.2. The Hall–Kier alpha value is -4.30. The third-order valence-corrected chi connectivity index (χ3v) is 11.3. The number of halogens is 2. The normalized spacial score (nSPS) is 15.2. The number of methoxy groups -OCH3 is 4. The first kappa shape index (κ1) is 41.3. The Morgan fingerprint density at radius 3 is 1.88 bits per heavy atom. The molecule has 0 saturated carbocycles. The molecule has 4 aromatic rings. The van der Waals surface area contributed by atoms with E-state index < -0.39 is 0 Å². The summed E-state index contributed by atoms with van der Waals surface area (Å²) in [5.41, 5.74) is 6.28. The minimum Gasteiger partial charge on any atom is -0.496 e. The average Bonchev–Trinajstić information content (AvgIpc) is 3.23. The van der Waals surface area contributed by atoms with Crippen LogP contribution in [0, 0.1) is 0 Å². The van der Waals surface area contributed by atoms with Crippen LogP contribution < -0.4 is 20.1 Å². The van der Waals surface area contributed by atoms with E-state index in [1.807, 2.05) is 64.4 Å². The van der Waals surface area contributed by atoms with Gasteiger partial charge in [0.15, 0.2) is 0 Å². The van der Waals surface area contributed by atoms with Crippen LogP contribution in [0.4, 0.5) is 0 Å². The zero-order valence-electron chi connectivity index (χ0n) is 32.4. The molecular formula is C42H50Cl2N6O6. The van der Waals surface area contributed by atoms with Crippen LogP contribution in [0.1, 0.15) is 36.8 Å². The molecule has 0 unspecified atom stereocenters. The summed E-state index contributed by atoms with van der Waals surface area (Å²) in [6.07, 6.45) is 5.21. The van der Waals surface area contributed by atoms with Crippen molar-refractivity contribution in [3.8, 4) is 45.3 Å². The number of benzene rings is 2. The average molecular weight is 806 g/mol. The summed E-state index contributed by atoms with van der Waals surface area (Å²) in [4.78, 5) is 37.6. The van der Waals surface area contributed by atoms with Gasteiger partial charge in [-0.05, 0) is 43.9 Å². The molecule has 2 aliphatic heterocycles. The molecule has 2 fully saturated rings. The number of hydrogen-bond donors (Lipinski definition) is 2. The third kappa shape index (κ3) is 9.79. The number of pyridine rings is 2. The van der Waals surface area contributed by atoms with E-state index in [0.717, 1.165) is 64.8 Å². The molecule has 298 valence electrons. The van der Waals surface area contributed by atoms with Crippen LogP contribution in [0.25, 0.3) is 33.6 Å². The summed E-state index contributed by atoms with van der Waals surface area (Å²) in [6, 6.07) is 18.2. The number of carbonyl (C=O) groups is 2. The Morgan fingerprint density at radius 2 is 1.29 bits per heavy atom. The molecule has 2 aromatic heterocycles. The van der Waals surface area contributed by atoms with Crippen molar-refractivity contribution in [2.45, 2.75) is 50.9 Å². The largest absolute Gasteiger partial charge is 0.496 e. The molecule has 0 bridgehead atoms. The summed E-state index contributed by atoms with van der Waals surface area (Å²) in [5.74, 6) is 1.30.